The molecule has 0 amide bonds. The minimum absolute atomic E-state index is 0.0383. The molecule has 0 radical (unpaired) electrons. The Bertz CT molecular complexity index is 534. The molecule has 0 fully saturated rings. The molecule has 0 aliphatic rings. The van der Waals surface area contributed by atoms with E-state index in [1.807, 2.05) is 30.3 Å². The fraction of sp³-hybridized carbons (Fsp3) is 0.188. The molecule has 0 aromatic heterocycles. The molecule has 3 nitrogen and oxygen atoms in total. The summed E-state index contributed by atoms with van der Waals surface area (Å²) in [4.78, 5) is 12.5. The molecule has 2 aromatic carbocycles. The topological polar surface area (TPSA) is 52.3 Å². The van der Waals surface area contributed by atoms with E-state index in [4.69, 9.17) is 10.5 Å². The average Bonchev–Trinajstić information content (AvgIpc) is 2.49. The molecule has 98 valence electrons. The number of nitrogens with two attached hydrogens (primary N) is 1. The first-order valence-electron chi connectivity index (χ1n) is 6.19. The summed E-state index contributed by atoms with van der Waals surface area (Å²) in [6, 6.07) is 16.7. The Morgan fingerprint density at radius 2 is 1.74 bits per heavy atom. The van der Waals surface area contributed by atoms with E-state index in [2.05, 4.69) is 0 Å². The lowest BCUT2D eigenvalue weighted by Crippen LogP contribution is -2.21. The lowest BCUT2D eigenvalue weighted by Gasteiger charge is -2.14. The Balaban J connectivity index is 2.25. The number of benzene rings is 2. The van der Waals surface area contributed by atoms with Gasteiger partial charge in [-0.15, -0.1) is 0 Å². The van der Waals surface area contributed by atoms with Crippen LogP contribution in [0.25, 0.3) is 0 Å². The maximum Gasteiger partial charge on any atom is 0.171 e. The van der Waals surface area contributed by atoms with E-state index in [1.165, 1.54) is 0 Å². The summed E-state index contributed by atoms with van der Waals surface area (Å²) in [6.45, 7) is 0.300. The van der Waals surface area contributed by atoms with Gasteiger partial charge in [-0.05, 0) is 29.8 Å². The SMILES string of the molecule is COc1ccc(C(=O)C(CN)c2ccccc2)cc1. The van der Waals surface area contributed by atoms with Gasteiger partial charge in [0.25, 0.3) is 0 Å². The zero-order valence-corrected chi connectivity index (χ0v) is 10.9. The first-order valence-corrected chi connectivity index (χ1v) is 6.19. The van der Waals surface area contributed by atoms with Gasteiger partial charge >= 0.3 is 0 Å². The average molecular weight is 255 g/mol. The van der Waals surface area contributed by atoms with Crippen molar-refractivity contribution in [2.24, 2.45) is 5.73 Å². The Hall–Kier alpha value is -2.13. The van der Waals surface area contributed by atoms with Crippen molar-refractivity contribution < 1.29 is 9.53 Å². The standard InChI is InChI=1S/C16H17NO2/c1-19-14-9-7-13(8-10-14)16(18)15(11-17)12-5-3-2-4-6-12/h2-10,15H,11,17H2,1H3. The second kappa shape index (κ2) is 6.16. The van der Waals surface area contributed by atoms with Crippen molar-refractivity contribution in [2.45, 2.75) is 5.92 Å². The van der Waals surface area contributed by atoms with Gasteiger partial charge in [0.05, 0.1) is 13.0 Å². The van der Waals surface area contributed by atoms with Gasteiger partial charge in [0.1, 0.15) is 5.75 Å². The van der Waals surface area contributed by atoms with E-state index in [0.717, 1.165) is 11.3 Å². The number of ketones is 1. The van der Waals surface area contributed by atoms with E-state index < -0.39 is 0 Å². The molecular formula is C16H17NO2. The molecule has 2 aromatic rings. The maximum atomic E-state index is 12.5. The summed E-state index contributed by atoms with van der Waals surface area (Å²) >= 11 is 0. The van der Waals surface area contributed by atoms with Crippen molar-refractivity contribution in [1.29, 1.82) is 0 Å². The van der Waals surface area contributed by atoms with Crippen LogP contribution in [-0.4, -0.2) is 19.4 Å². The summed E-state index contributed by atoms with van der Waals surface area (Å²) in [5, 5.41) is 0. The molecule has 0 saturated carbocycles. The van der Waals surface area contributed by atoms with Crippen molar-refractivity contribution in [3.8, 4) is 5.75 Å². The highest BCUT2D eigenvalue weighted by molar-refractivity contribution is 6.01. The molecule has 1 atom stereocenters. The molecule has 0 bridgehead atoms. The minimum atomic E-state index is -0.297. The number of carbonyl (C=O) groups excluding carboxylic acids is 1. The van der Waals surface area contributed by atoms with Gasteiger partial charge in [0.15, 0.2) is 5.78 Å². The number of ether oxygens (including phenoxy) is 1. The molecule has 0 spiro atoms. The Kier molecular flexibility index (Phi) is 4.31. The third-order valence-corrected chi connectivity index (χ3v) is 3.13. The predicted octanol–water partition coefficient (Wildman–Crippen LogP) is 2.62. The Morgan fingerprint density at radius 3 is 2.26 bits per heavy atom. The highest BCUT2D eigenvalue weighted by atomic mass is 16.5. The Morgan fingerprint density at radius 1 is 1.11 bits per heavy atom. The van der Waals surface area contributed by atoms with Gasteiger partial charge < -0.3 is 10.5 Å². The zero-order chi connectivity index (χ0) is 13.7. The first-order chi connectivity index (χ1) is 9.26. The largest absolute Gasteiger partial charge is 0.497 e. The van der Waals surface area contributed by atoms with Crippen LogP contribution in [0.5, 0.6) is 5.75 Å². The second-order valence-corrected chi connectivity index (χ2v) is 4.29. The fourth-order valence-corrected chi connectivity index (χ4v) is 2.04. The van der Waals surface area contributed by atoms with Crippen molar-refractivity contribution >= 4 is 5.78 Å². The quantitative estimate of drug-likeness (QED) is 0.835. The van der Waals surface area contributed by atoms with Crippen LogP contribution >= 0.6 is 0 Å². The maximum absolute atomic E-state index is 12.5. The molecule has 2 N–H and O–H groups in total. The van der Waals surface area contributed by atoms with Gasteiger partial charge in [-0.1, -0.05) is 30.3 Å². The molecule has 3 heteroatoms. The first kappa shape index (κ1) is 13.3. The van der Waals surface area contributed by atoms with Crippen LogP contribution in [0, 0.1) is 0 Å². The molecule has 0 aliphatic heterocycles. The van der Waals surface area contributed by atoms with E-state index in [9.17, 15) is 4.79 Å². The van der Waals surface area contributed by atoms with Crippen molar-refractivity contribution in [1.82, 2.24) is 0 Å². The van der Waals surface area contributed by atoms with Gasteiger partial charge in [-0.2, -0.15) is 0 Å². The van der Waals surface area contributed by atoms with E-state index in [0.29, 0.717) is 12.1 Å². The van der Waals surface area contributed by atoms with Crippen LogP contribution in [0.4, 0.5) is 0 Å². The lowest BCUT2D eigenvalue weighted by molar-refractivity contribution is 0.0962. The number of methoxy groups -OCH3 is 1. The van der Waals surface area contributed by atoms with Crippen molar-refractivity contribution in [2.75, 3.05) is 13.7 Å². The van der Waals surface area contributed by atoms with Gasteiger partial charge in [0, 0.05) is 12.1 Å². The second-order valence-electron chi connectivity index (χ2n) is 4.29. The predicted molar refractivity (Wildman–Crippen MR) is 75.6 cm³/mol. The van der Waals surface area contributed by atoms with E-state index >= 15 is 0 Å². The summed E-state index contributed by atoms with van der Waals surface area (Å²) < 4.78 is 5.08. The van der Waals surface area contributed by atoms with Crippen LogP contribution in [-0.2, 0) is 0 Å². The molecule has 0 saturated heterocycles. The highest BCUT2D eigenvalue weighted by Crippen LogP contribution is 2.21. The fourth-order valence-electron chi connectivity index (χ4n) is 2.04. The number of hydrogen-bond donors (Lipinski definition) is 1. The number of hydrogen-bond acceptors (Lipinski definition) is 3. The van der Waals surface area contributed by atoms with Crippen molar-refractivity contribution in [3.63, 3.8) is 0 Å². The summed E-state index contributed by atoms with van der Waals surface area (Å²) in [5.74, 6) is 0.478. The number of carbonyl (C=O) groups is 1. The van der Waals surface area contributed by atoms with Gasteiger partial charge in [-0.3, -0.25) is 4.79 Å². The number of rotatable bonds is 5. The summed E-state index contributed by atoms with van der Waals surface area (Å²) in [6.07, 6.45) is 0. The third-order valence-electron chi connectivity index (χ3n) is 3.13. The lowest BCUT2D eigenvalue weighted by atomic mass is 9.91. The molecule has 2 rings (SSSR count). The molecule has 19 heavy (non-hydrogen) atoms. The zero-order valence-electron chi connectivity index (χ0n) is 10.9. The third kappa shape index (κ3) is 3.01. The molecule has 0 heterocycles. The van der Waals surface area contributed by atoms with Crippen molar-refractivity contribution in [3.05, 3.63) is 65.7 Å². The van der Waals surface area contributed by atoms with Gasteiger partial charge in [0.2, 0.25) is 0 Å². The minimum Gasteiger partial charge on any atom is -0.497 e. The van der Waals surface area contributed by atoms with Gasteiger partial charge in [-0.25, -0.2) is 0 Å². The van der Waals surface area contributed by atoms with Crippen LogP contribution in [0.3, 0.4) is 0 Å². The van der Waals surface area contributed by atoms with Crippen LogP contribution in [0.2, 0.25) is 0 Å². The number of Topliss-reactive ketones (excluding diaryl/α,β-unsaturated/α-hetero) is 1. The Labute approximate surface area is 113 Å². The normalized spacial score (nSPS) is 11.9. The summed E-state index contributed by atoms with van der Waals surface area (Å²) in [7, 11) is 1.60. The molecule has 0 aliphatic carbocycles. The van der Waals surface area contributed by atoms with E-state index in [1.54, 1.807) is 31.4 Å². The van der Waals surface area contributed by atoms with Crippen LogP contribution in [0.1, 0.15) is 21.8 Å². The summed E-state index contributed by atoms with van der Waals surface area (Å²) in [5.41, 5.74) is 7.36. The molecule has 1 unspecified atom stereocenters. The van der Waals surface area contributed by atoms with E-state index in [-0.39, 0.29) is 11.7 Å². The smallest absolute Gasteiger partial charge is 0.171 e. The van der Waals surface area contributed by atoms with Crippen LogP contribution < -0.4 is 10.5 Å². The molecular weight excluding hydrogens is 238 g/mol. The highest BCUT2D eigenvalue weighted by Gasteiger charge is 2.20. The van der Waals surface area contributed by atoms with Crippen LogP contribution in [0.15, 0.2) is 54.6 Å². The monoisotopic (exact) mass is 255 g/mol.